The maximum absolute atomic E-state index is 12.9. The monoisotopic (exact) mass is 318 g/mol. The van der Waals surface area contributed by atoms with Gasteiger partial charge in [-0.25, -0.2) is 8.42 Å². The van der Waals surface area contributed by atoms with Crippen LogP contribution in [0.25, 0.3) is 0 Å². The van der Waals surface area contributed by atoms with E-state index in [0.717, 1.165) is 33.6 Å². The lowest BCUT2D eigenvalue weighted by Crippen LogP contribution is -2.05. The number of rotatable bonds is 3. The standard InChI is InChI=1S/C18H22O3S/c1-11-7-16(8-12(2)15(11)5)22(19,20)17-9-13(3)18(21-6)14(4)10-17/h7-10H,1-6H3. The predicted octanol–water partition coefficient (Wildman–Crippen LogP) is 4.07. The Hall–Kier alpha value is -1.81. The van der Waals surface area contributed by atoms with Crippen LogP contribution in [-0.4, -0.2) is 15.5 Å². The van der Waals surface area contributed by atoms with E-state index in [4.69, 9.17) is 4.74 Å². The molecule has 22 heavy (non-hydrogen) atoms. The molecule has 0 saturated heterocycles. The van der Waals surface area contributed by atoms with Gasteiger partial charge in [-0.15, -0.1) is 0 Å². The van der Waals surface area contributed by atoms with Crippen LogP contribution in [0.5, 0.6) is 5.75 Å². The minimum Gasteiger partial charge on any atom is -0.496 e. The smallest absolute Gasteiger partial charge is 0.206 e. The van der Waals surface area contributed by atoms with Crippen LogP contribution in [0.4, 0.5) is 0 Å². The maximum atomic E-state index is 12.9. The molecule has 0 aliphatic carbocycles. The Morgan fingerprint density at radius 2 is 1.09 bits per heavy atom. The van der Waals surface area contributed by atoms with Gasteiger partial charge in [0.25, 0.3) is 0 Å². The van der Waals surface area contributed by atoms with Crippen molar-refractivity contribution in [2.24, 2.45) is 0 Å². The van der Waals surface area contributed by atoms with Gasteiger partial charge in [-0.2, -0.15) is 0 Å². The highest BCUT2D eigenvalue weighted by atomic mass is 32.2. The van der Waals surface area contributed by atoms with Crippen LogP contribution in [0.1, 0.15) is 27.8 Å². The van der Waals surface area contributed by atoms with E-state index in [1.807, 2.05) is 34.6 Å². The van der Waals surface area contributed by atoms with Crippen LogP contribution in [0.2, 0.25) is 0 Å². The van der Waals surface area contributed by atoms with E-state index in [2.05, 4.69) is 0 Å². The Morgan fingerprint density at radius 1 is 0.727 bits per heavy atom. The zero-order valence-corrected chi connectivity index (χ0v) is 14.8. The number of aryl methyl sites for hydroxylation is 4. The lowest BCUT2D eigenvalue weighted by molar-refractivity contribution is 0.408. The molecule has 2 aromatic rings. The van der Waals surface area contributed by atoms with Gasteiger partial charge >= 0.3 is 0 Å². The van der Waals surface area contributed by atoms with Crippen LogP contribution in [0, 0.1) is 34.6 Å². The van der Waals surface area contributed by atoms with Crippen LogP contribution in [-0.2, 0) is 9.84 Å². The minimum absolute atomic E-state index is 0.311. The summed E-state index contributed by atoms with van der Waals surface area (Å²) in [6, 6.07) is 6.83. The van der Waals surface area contributed by atoms with Gasteiger partial charge in [0.05, 0.1) is 16.9 Å². The quantitative estimate of drug-likeness (QED) is 0.857. The molecule has 0 bridgehead atoms. The highest BCUT2D eigenvalue weighted by Gasteiger charge is 2.21. The Bertz CT molecular complexity index is 787. The summed E-state index contributed by atoms with van der Waals surface area (Å²) in [5.41, 5.74) is 4.74. The van der Waals surface area contributed by atoms with Gasteiger partial charge < -0.3 is 4.74 Å². The SMILES string of the molecule is COc1c(C)cc(S(=O)(=O)c2cc(C)c(C)c(C)c2)cc1C. The first-order valence-corrected chi connectivity index (χ1v) is 8.65. The third-order valence-corrected chi connectivity index (χ3v) is 5.87. The molecule has 118 valence electrons. The molecule has 2 aromatic carbocycles. The summed E-state index contributed by atoms with van der Waals surface area (Å²) in [5, 5.41) is 0. The van der Waals surface area contributed by atoms with Crippen molar-refractivity contribution in [1.82, 2.24) is 0 Å². The van der Waals surface area contributed by atoms with Gasteiger partial charge in [0.1, 0.15) is 5.75 Å². The topological polar surface area (TPSA) is 43.4 Å². The molecule has 0 amide bonds. The number of ether oxygens (including phenoxy) is 1. The lowest BCUT2D eigenvalue weighted by Gasteiger charge is -2.13. The molecule has 0 radical (unpaired) electrons. The fraction of sp³-hybridized carbons (Fsp3) is 0.333. The predicted molar refractivity (Wildman–Crippen MR) is 88.6 cm³/mol. The molecule has 0 spiro atoms. The zero-order chi connectivity index (χ0) is 16.7. The first-order chi connectivity index (χ1) is 10.2. The maximum Gasteiger partial charge on any atom is 0.206 e. The number of benzene rings is 2. The average molecular weight is 318 g/mol. The van der Waals surface area contributed by atoms with E-state index < -0.39 is 9.84 Å². The Morgan fingerprint density at radius 3 is 1.45 bits per heavy atom. The van der Waals surface area contributed by atoms with Crippen molar-refractivity contribution in [3.63, 3.8) is 0 Å². The molecular formula is C18H22O3S. The van der Waals surface area contributed by atoms with Crippen molar-refractivity contribution in [3.8, 4) is 5.75 Å². The fourth-order valence-corrected chi connectivity index (χ4v) is 4.27. The molecule has 0 aromatic heterocycles. The summed E-state index contributed by atoms with van der Waals surface area (Å²) < 4.78 is 31.1. The van der Waals surface area contributed by atoms with E-state index >= 15 is 0 Å². The van der Waals surface area contributed by atoms with E-state index in [9.17, 15) is 8.42 Å². The normalized spacial score (nSPS) is 11.5. The molecular weight excluding hydrogens is 296 g/mol. The van der Waals surface area contributed by atoms with Crippen molar-refractivity contribution in [2.75, 3.05) is 7.11 Å². The highest BCUT2D eigenvalue weighted by Crippen LogP contribution is 2.31. The highest BCUT2D eigenvalue weighted by molar-refractivity contribution is 7.91. The van der Waals surface area contributed by atoms with E-state index in [1.54, 1.807) is 31.4 Å². The van der Waals surface area contributed by atoms with Crippen molar-refractivity contribution < 1.29 is 13.2 Å². The first-order valence-electron chi connectivity index (χ1n) is 7.16. The van der Waals surface area contributed by atoms with E-state index in [-0.39, 0.29) is 0 Å². The summed E-state index contributed by atoms with van der Waals surface area (Å²) >= 11 is 0. The van der Waals surface area contributed by atoms with Gasteiger partial charge in [0.15, 0.2) is 0 Å². The molecule has 0 saturated carbocycles. The molecule has 0 atom stereocenters. The summed E-state index contributed by atoms with van der Waals surface area (Å²) in [6.45, 7) is 9.59. The van der Waals surface area contributed by atoms with Crippen molar-refractivity contribution in [2.45, 2.75) is 44.4 Å². The van der Waals surface area contributed by atoms with E-state index in [1.165, 1.54) is 0 Å². The Balaban J connectivity index is 2.66. The third kappa shape index (κ3) is 2.75. The van der Waals surface area contributed by atoms with Gasteiger partial charge in [-0.05, 0) is 86.7 Å². The molecule has 3 nitrogen and oxygen atoms in total. The van der Waals surface area contributed by atoms with Crippen LogP contribution < -0.4 is 4.74 Å². The molecule has 0 aliphatic rings. The average Bonchev–Trinajstić information content (AvgIpc) is 2.43. The Labute approximate surface area is 132 Å². The van der Waals surface area contributed by atoms with Gasteiger partial charge in [0.2, 0.25) is 9.84 Å². The fourth-order valence-electron chi connectivity index (χ4n) is 2.67. The van der Waals surface area contributed by atoms with Crippen LogP contribution in [0.3, 0.4) is 0 Å². The molecule has 0 aliphatic heterocycles. The third-order valence-electron chi connectivity index (χ3n) is 4.16. The molecule has 0 fully saturated rings. The summed E-state index contributed by atoms with van der Waals surface area (Å²) in [6.07, 6.45) is 0. The van der Waals surface area contributed by atoms with Crippen molar-refractivity contribution in [3.05, 3.63) is 52.1 Å². The molecule has 0 N–H and O–H groups in total. The second-order valence-electron chi connectivity index (χ2n) is 5.78. The zero-order valence-electron chi connectivity index (χ0n) is 13.9. The minimum atomic E-state index is -3.53. The number of hydrogen-bond acceptors (Lipinski definition) is 3. The number of methoxy groups -OCH3 is 1. The number of sulfone groups is 1. The van der Waals surface area contributed by atoms with E-state index in [0.29, 0.717) is 9.79 Å². The molecule has 0 unspecified atom stereocenters. The molecule has 2 rings (SSSR count). The summed E-state index contributed by atoms with van der Waals surface area (Å²) in [7, 11) is -1.93. The molecule has 4 heteroatoms. The van der Waals surface area contributed by atoms with Gasteiger partial charge in [-0.1, -0.05) is 0 Å². The largest absolute Gasteiger partial charge is 0.496 e. The van der Waals surface area contributed by atoms with Crippen LogP contribution in [0.15, 0.2) is 34.1 Å². The first kappa shape index (κ1) is 16.6. The van der Waals surface area contributed by atoms with Crippen LogP contribution >= 0.6 is 0 Å². The second kappa shape index (κ2) is 5.76. The summed E-state index contributed by atoms with van der Waals surface area (Å²) in [4.78, 5) is 0.656. The van der Waals surface area contributed by atoms with Crippen molar-refractivity contribution >= 4 is 9.84 Å². The van der Waals surface area contributed by atoms with Gasteiger partial charge in [-0.3, -0.25) is 0 Å². The number of hydrogen-bond donors (Lipinski definition) is 0. The van der Waals surface area contributed by atoms with Gasteiger partial charge in [0, 0.05) is 0 Å². The second-order valence-corrected chi connectivity index (χ2v) is 7.73. The molecule has 0 heterocycles. The Kier molecular flexibility index (Phi) is 4.34. The summed E-state index contributed by atoms with van der Waals surface area (Å²) in [5.74, 6) is 0.732. The lowest BCUT2D eigenvalue weighted by atomic mass is 10.1. The van der Waals surface area contributed by atoms with Crippen molar-refractivity contribution in [1.29, 1.82) is 0 Å².